The number of benzene rings is 4. The summed E-state index contributed by atoms with van der Waals surface area (Å²) >= 11 is 0. The lowest BCUT2D eigenvalue weighted by molar-refractivity contribution is -0.215. The lowest BCUT2D eigenvalue weighted by Crippen LogP contribution is -2.13. The van der Waals surface area contributed by atoms with Crippen LogP contribution in [0.15, 0.2) is 91.0 Å². The summed E-state index contributed by atoms with van der Waals surface area (Å²) in [6.45, 7) is 16.2. The van der Waals surface area contributed by atoms with Crippen LogP contribution in [0.25, 0.3) is 11.1 Å². The van der Waals surface area contributed by atoms with Crippen molar-refractivity contribution in [1.29, 1.82) is 0 Å². The van der Waals surface area contributed by atoms with Crippen LogP contribution >= 0.6 is 0 Å². The van der Waals surface area contributed by atoms with Crippen molar-refractivity contribution in [3.8, 4) is 22.6 Å². The topological polar surface area (TPSA) is 77.1 Å². The van der Waals surface area contributed by atoms with Gasteiger partial charge in [0.25, 0.3) is 0 Å². The number of aryl methyl sites for hydroxylation is 1. The molecule has 0 unspecified atom stereocenters. The number of hydrogen-bond acceptors (Lipinski definition) is 9. The third kappa shape index (κ3) is 13.2. The molecule has 0 heterocycles. The van der Waals surface area contributed by atoms with Crippen LogP contribution < -0.4 is 14.5 Å². The Bertz CT molecular complexity index is 1560. The minimum absolute atomic E-state index is 0.0703. The van der Waals surface area contributed by atoms with Gasteiger partial charge in [0.2, 0.25) is 0 Å². The van der Waals surface area contributed by atoms with Gasteiger partial charge in [0.15, 0.2) is 5.75 Å². The molecule has 9 heteroatoms. The van der Waals surface area contributed by atoms with Crippen molar-refractivity contribution in [2.45, 2.75) is 46.5 Å². The zero-order valence-corrected chi connectivity index (χ0v) is 31.9. The molecule has 0 aliphatic carbocycles. The molecule has 0 amide bonds. The van der Waals surface area contributed by atoms with Crippen molar-refractivity contribution >= 4 is 17.1 Å². The van der Waals surface area contributed by atoms with Crippen LogP contribution in [0.4, 0.5) is 17.1 Å². The zero-order valence-electron chi connectivity index (χ0n) is 31.9. The first kappa shape index (κ1) is 40.8. The van der Waals surface area contributed by atoms with E-state index in [0.717, 1.165) is 52.5 Å². The summed E-state index contributed by atoms with van der Waals surface area (Å²) in [5.41, 5.74) is 7.29. The van der Waals surface area contributed by atoms with Gasteiger partial charge in [-0.05, 0) is 84.0 Å². The van der Waals surface area contributed by atoms with Gasteiger partial charge in [-0.15, -0.1) is 0 Å². The number of hydrogen-bond donors (Lipinski definition) is 0. The van der Waals surface area contributed by atoms with Crippen molar-refractivity contribution in [3.63, 3.8) is 0 Å². The minimum Gasteiger partial charge on any atom is -0.491 e. The van der Waals surface area contributed by atoms with Crippen molar-refractivity contribution in [1.82, 2.24) is 0 Å². The van der Waals surface area contributed by atoms with Crippen LogP contribution in [0, 0.1) is 6.92 Å². The molecular weight excluding hydrogens is 658 g/mol. The van der Waals surface area contributed by atoms with Gasteiger partial charge in [0.05, 0.1) is 52.9 Å². The highest BCUT2D eigenvalue weighted by atomic mass is 17.2. The van der Waals surface area contributed by atoms with Gasteiger partial charge < -0.3 is 38.2 Å². The molecule has 52 heavy (non-hydrogen) atoms. The van der Waals surface area contributed by atoms with Gasteiger partial charge in [0, 0.05) is 36.3 Å². The van der Waals surface area contributed by atoms with E-state index in [4.69, 9.17) is 38.2 Å². The Morgan fingerprint density at radius 3 is 1.69 bits per heavy atom. The summed E-state index contributed by atoms with van der Waals surface area (Å²) in [7, 11) is 1.65. The first-order chi connectivity index (χ1) is 25.3. The highest BCUT2D eigenvalue weighted by Gasteiger charge is 2.18. The lowest BCUT2D eigenvalue weighted by Gasteiger charge is -2.27. The van der Waals surface area contributed by atoms with E-state index >= 15 is 0 Å². The molecule has 0 radical (unpaired) electrons. The number of rotatable bonds is 24. The first-order valence-corrected chi connectivity index (χ1v) is 18.2. The predicted molar refractivity (Wildman–Crippen MR) is 208 cm³/mol. The third-order valence-corrected chi connectivity index (χ3v) is 8.19. The summed E-state index contributed by atoms with van der Waals surface area (Å²) < 4.78 is 33.6. The summed E-state index contributed by atoms with van der Waals surface area (Å²) in [5, 5.41) is 0. The molecule has 282 valence electrons. The maximum Gasteiger partial charge on any atom is 0.169 e. The maximum absolute atomic E-state index is 6.30. The van der Waals surface area contributed by atoms with E-state index in [1.807, 2.05) is 25.1 Å². The second-order valence-corrected chi connectivity index (χ2v) is 13.3. The quantitative estimate of drug-likeness (QED) is 0.0401. The minimum atomic E-state index is 0.0703. The molecule has 0 N–H and O–H groups in total. The van der Waals surface area contributed by atoms with Crippen LogP contribution in [-0.4, -0.2) is 79.8 Å². The Morgan fingerprint density at radius 1 is 0.558 bits per heavy atom. The van der Waals surface area contributed by atoms with E-state index in [1.54, 1.807) is 7.11 Å². The van der Waals surface area contributed by atoms with E-state index in [-0.39, 0.29) is 12.0 Å². The van der Waals surface area contributed by atoms with E-state index in [9.17, 15) is 0 Å². The molecule has 4 aromatic carbocycles. The molecule has 0 saturated heterocycles. The largest absolute Gasteiger partial charge is 0.491 e. The highest BCUT2D eigenvalue weighted by molar-refractivity contribution is 5.80. The van der Waals surface area contributed by atoms with Gasteiger partial charge in [-0.25, -0.2) is 0 Å². The van der Waals surface area contributed by atoms with Gasteiger partial charge in [0.1, 0.15) is 19.0 Å². The van der Waals surface area contributed by atoms with Crippen molar-refractivity contribution in [2.24, 2.45) is 0 Å². The number of nitrogens with zero attached hydrogens (tertiary/aromatic N) is 1. The number of anilines is 3. The second kappa shape index (κ2) is 22.2. The zero-order chi connectivity index (χ0) is 37.0. The average Bonchev–Trinajstić information content (AvgIpc) is 3.15. The van der Waals surface area contributed by atoms with Crippen LogP contribution in [-0.2, 0) is 34.0 Å². The summed E-state index contributed by atoms with van der Waals surface area (Å²) in [6.07, 6.45) is 0.990. The average molecular weight is 716 g/mol. The van der Waals surface area contributed by atoms with E-state index in [1.165, 1.54) is 5.56 Å². The normalized spacial score (nSPS) is 11.5. The number of ether oxygens (including phenoxy) is 6. The standard InChI is InChI=1S/C43H57NO8/c1-7-21-46-24-25-49-29-31-51-52-41-33-40(42(32-34(41)2)50-30-28-48-27-26-47-23-22-45-6)35-13-17-38(18-14-35)44(37-11-9-8-10-12-37)39-19-15-36(16-20-39)43(3,4)5/h8-20,32-33H,7,21-31H2,1-6H3. The molecule has 0 aliphatic heterocycles. The van der Waals surface area contributed by atoms with Crippen LogP contribution in [0.3, 0.4) is 0 Å². The Hall–Kier alpha value is -3.96. The van der Waals surface area contributed by atoms with Crippen molar-refractivity contribution < 1.29 is 38.2 Å². The Kier molecular flexibility index (Phi) is 17.4. The molecule has 0 fully saturated rings. The summed E-state index contributed by atoms with van der Waals surface area (Å²) in [4.78, 5) is 13.6. The highest BCUT2D eigenvalue weighted by Crippen LogP contribution is 2.40. The fourth-order valence-corrected chi connectivity index (χ4v) is 5.36. The molecule has 0 aliphatic rings. The number of methoxy groups -OCH3 is 1. The molecule has 9 nitrogen and oxygen atoms in total. The van der Waals surface area contributed by atoms with Crippen LogP contribution in [0.1, 0.15) is 45.2 Å². The Balaban J connectivity index is 1.52. The Morgan fingerprint density at radius 2 is 1.10 bits per heavy atom. The smallest absolute Gasteiger partial charge is 0.169 e. The summed E-state index contributed by atoms with van der Waals surface area (Å²) in [5.74, 6) is 1.33. The molecule has 4 aromatic rings. The van der Waals surface area contributed by atoms with Crippen molar-refractivity contribution in [2.75, 3.05) is 84.7 Å². The molecular formula is C43H57NO8. The molecule has 0 bridgehead atoms. The fourth-order valence-electron chi connectivity index (χ4n) is 5.36. The molecule has 4 rings (SSSR count). The molecule has 0 atom stereocenters. The van der Waals surface area contributed by atoms with E-state index in [2.05, 4.69) is 105 Å². The van der Waals surface area contributed by atoms with E-state index in [0.29, 0.717) is 65.2 Å². The fraction of sp³-hybridized carbons (Fsp3) is 0.442. The first-order valence-electron chi connectivity index (χ1n) is 18.2. The summed E-state index contributed by atoms with van der Waals surface area (Å²) in [6, 6.07) is 31.6. The maximum atomic E-state index is 6.30. The molecule has 0 saturated carbocycles. The number of para-hydroxylation sites is 1. The van der Waals surface area contributed by atoms with E-state index < -0.39 is 0 Å². The SMILES string of the molecule is CCCOCCOCCOOc1cc(-c2ccc(N(c3ccccc3)c3ccc(C(C)(C)C)cc3)cc2)c(OCCOCCOCCOC)cc1C. The third-order valence-electron chi connectivity index (χ3n) is 8.19. The van der Waals surface area contributed by atoms with Gasteiger partial charge >= 0.3 is 0 Å². The van der Waals surface area contributed by atoms with Gasteiger partial charge in [-0.2, -0.15) is 4.89 Å². The predicted octanol–water partition coefficient (Wildman–Crippen LogP) is 9.24. The monoisotopic (exact) mass is 715 g/mol. The van der Waals surface area contributed by atoms with Gasteiger partial charge in [-0.1, -0.05) is 70.2 Å². The van der Waals surface area contributed by atoms with Crippen LogP contribution in [0.2, 0.25) is 0 Å². The lowest BCUT2D eigenvalue weighted by atomic mass is 9.87. The Labute approximate surface area is 310 Å². The second-order valence-electron chi connectivity index (χ2n) is 13.3. The van der Waals surface area contributed by atoms with Crippen molar-refractivity contribution in [3.05, 3.63) is 102 Å². The molecule has 0 aromatic heterocycles. The van der Waals surface area contributed by atoms with Gasteiger partial charge in [-0.3, -0.25) is 0 Å². The van der Waals surface area contributed by atoms with Crippen LogP contribution in [0.5, 0.6) is 11.5 Å². The molecule has 0 spiro atoms.